The number of halogens is 2. The molecule has 3 heteroatoms. The number of allylic oxidation sites excluding steroid dienone is 4. The van der Waals surface area contributed by atoms with E-state index >= 15 is 0 Å². The van der Waals surface area contributed by atoms with Gasteiger partial charge in [-0.15, -0.1) is 0 Å². The van der Waals surface area contributed by atoms with Crippen molar-refractivity contribution < 1.29 is 42.2 Å². The fourth-order valence-corrected chi connectivity index (χ4v) is 10.8. The molecule has 0 N–H and O–H groups in total. The SMILES string of the molecule is CCc1ccc2c(c1)C(C)=C[CH]2[Ti+2](=[C](C)C)[CH]1C=C(C)c2cc(CC)ccc21.[Cl-].[Cl-]. The van der Waals surface area contributed by atoms with Crippen molar-refractivity contribution in [3.8, 4) is 0 Å². The Morgan fingerprint density at radius 2 is 1.13 bits per heavy atom. The molecule has 0 aromatic heterocycles. The summed E-state index contributed by atoms with van der Waals surface area (Å²) in [6.07, 6.45) is 7.44. The van der Waals surface area contributed by atoms with Crippen molar-refractivity contribution in [2.45, 2.75) is 62.8 Å². The van der Waals surface area contributed by atoms with Gasteiger partial charge >= 0.3 is 177 Å². The van der Waals surface area contributed by atoms with Gasteiger partial charge in [-0.05, 0) is 0 Å². The van der Waals surface area contributed by atoms with Crippen molar-refractivity contribution in [3.63, 3.8) is 0 Å². The first-order valence-electron chi connectivity index (χ1n) is 10.7. The van der Waals surface area contributed by atoms with E-state index in [0.29, 0.717) is 8.45 Å². The Kier molecular flexibility index (Phi) is 8.56. The molecule has 0 saturated carbocycles. The molecule has 2 aromatic rings. The van der Waals surface area contributed by atoms with Crippen LogP contribution in [-0.2, 0) is 30.2 Å². The molecule has 2 aliphatic rings. The van der Waals surface area contributed by atoms with Crippen LogP contribution >= 0.6 is 0 Å². The van der Waals surface area contributed by atoms with E-state index in [9.17, 15) is 0 Å². The number of fused-ring (bicyclic) bond motifs is 2. The maximum atomic E-state index is 2.61. The maximum Gasteiger partial charge on any atom is -1.00 e. The average molecular weight is 475 g/mol. The summed E-state index contributed by atoms with van der Waals surface area (Å²) in [4.78, 5) is 0. The maximum absolute atomic E-state index is 2.61. The molecule has 2 aliphatic carbocycles. The Labute approximate surface area is 201 Å². The Morgan fingerprint density at radius 1 is 0.733 bits per heavy atom. The summed E-state index contributed by atoms with van der Waals surface area (Å²) in [5.41, 5.74) is 12.1. The summed E-state index contributed by atoms with van der Waals surface area (Å²) in [5.74, 6) is 0. The number of rotatable bonds is 4. The van der Waals surface area contributed by atoms with Gasteiger partial charge in [0.15, 0.2) is 0 Å². The number of benzene rings is 2. The van der Waals surface area contributed by atoms with Gasteiger partial charge in [-0.2, -0.15) is 0 Å². The smallest absolute Gasteiger partial charge is 1.00 e. The minimum Gasteiger partial charge on any atom is -1.00 e. The zero-order valence-electron chi connectivity index (χ0n) is 18.9. The molecular formula is C27H32Cl2Ti. The van der Waals surface area contributed by atoms with Gasteiger partial charge in [-0.25, -0.2) is 0 Å². The van der Waals surface area contributed by atoms with E-state index in [4.69, 9.17) is 0 Å². The van der Waals surface area contributed by atoms with Crippen LogP contribution in [0.25, 0.3) is 11.1 Å². The van der Waals surface area contributed by atoms with Crippen LogP contribution in [0.1, 0.15) is 83.4 Å². The zero-order chi connectivity index (χ0) is 20.0. The van der Waals surface area contributed by atoms with Crippen LogP contribution in [0, 0.1) is 0 Å². The molecule has 0 amide bonds. The Hall–Kier alpha value is -0.916. The van der Waals surface area contributed by atoms with E-state index in [-0.39, 0.29) is 24.8 Å². The Bertz CT molecular complexity index is 961. The first kappa shape index (κ1) is 25.3. The standard InChI is InChI=1S/2C12H13.C3H6.2ClH.Ti/c2*1-3-10-5-7-11-6-4-9(2)12(11)8-10;1-3-2;;;/h2*4-8H,3H2,1-2H3;1-2H3;2*1H;/q;;;;;+2/p-2. The van der Waals surface area contributed by atoms with Crippen LogP contribution in [0.4, 0.5) is 0 Å². The number of aryl methyl sites for hydroxylation is 2. The quantitative estimate of drug-likeness (QED) is 0.585. The topological polar surface area (TPSA) is 0 Å². The molecule has 0 fully saturated rings. The third-order valence-electron chi connectivity index (χ3n) is 6.65. The molecule has 0 radical (unpaired) electrons. The second-order valence-electron chi connectivity index (χ2n) is 8.66. The molecule has 0 spiro atoms. The first-order chi connectivity index (χ1) is 13.4. The molecule has 4 rings (SSSR count). The largest absolute Gasteiger partial charge is 1.00 e. The Balaban J connectivity index is 0.00000160. The average Bonchev–Trinajstić information content (AvgIpc) is 3.19. The first-order valence-corrected chi connectivity index (χ1v) is 13.3. The van der Waals surface area contributed by atoms with E-state index in [1.54, 1.807) is 14.9 Å². The van der Waals surface area contributed by atoms with E-state index in [2.05, 4.69) is 90.1 Å². The van der Waals surface area contributed by atoms with Crippen LogP contribution < -0.4 is 24.8 Å². The van der Waals surface area contributed by atoms with Gasteiger partial charge in [0.2, 0.25) is 0 Å². The van der Waals surface area contributed by atoms with E-state index in [0.717, 1.165) is 12.8 Å². The van der Waals surface area contributed by atoms with Gasteiger partial charge in [0.1, 0.15) is 0 Å². The van der Waals surface area contributed by atoms with Crippen molar-refractivity contribution in [1.29, 1.82) is 0 Å². The Morgan fingerprint density at radius 3 is 1.47 bits per heavy atom. The van der Waals surface area contributed by atoms with Gasteiger partial charge < -0.3 is 24.8 Å². The second kappa shape index (κ2) is 10.1. The summed E-state index contributed by atoms with van der Waals surface area (Å²) in [7, 11) is 0. The fraction of sp³-hybridized carbons (Fsp3) is 0.370. The summed E-state index contributed by atoms with van der Waals surface area (Å²) in [6, 6.07) is 14.5. The van der Waals surface area contributed by atoms with Gasteiger partial charge in [0, 0.05) is 0 Å². The molecule has 2 unspecified atom stereocenters. The monoisotopic (exact) mass is 474 g/mol. The normalized spacial score (nSPS) is 18.2. The van der Waals surface area contributed by atoms with Crippen molar-refractivity contribution in [1.82, 2.24) is 0 Å². The minimum absolute atomic E-state index is 0. The molecule has 0 heterocycles. The van der Waals surface area contributed by atoms with E-state index in [1.165, 1.54) is 33.4 Å². The number of hydrogen-bond donors (Lipinski definition) is 0. The van der Waals surface area contributed by atoms with Gasteiger partial charge in [0.25, 0.3) is 0 Å². The van der Waals surface area contributed by atoms with Crippen LogP contribution in [0.15, 0.2) is 48.6 Å². The molecule has 30 heavy (non-hydrogen) atoms. The second-order valence-corrected chi connectivity index (χ2v) is 13.6. The van der Waals surface area contributed by atoms with Gasteiger partial charge in [-0.3, -0.25) is 0 Å². The zero-order valence-corrected chi connectivity index (χ0v) is 22.0. The molecule has 0 bridgehead atoms. The molecule has 2 aromatic carbocycles. The van der Waals surface area contributed by atoms with Gasteiger partial charge in [0.05, 0.1) is 0 Å². The predicted octanol–water partition coefficient (Wildman–Crippen LogP) is 1.27. The predicted molar refractivity (Wildman–Crippen MR) is 121 cm³/mol. The van der Waals surface area contributed by atoms with E-state index in [1.807, 2.05) is 0 Å². The third kappa shape index (κ3) is 4.35. The van der Waals surface area contributed by atoms with Crippen LogP contribution in [0.2, 0.25) is 0 Å². The van der Waals surface area contributed by atoms with Crippen molar-refractivity contribution in [3.05, 3.63) is 81.9 Å². The third-order valence-corrected chi connectivity index (χ3v) is 12.0. The summed E-state index contributed by atoms with van der Waals surface area (Å²) in [6.45, 7) is 13.9. The summed E-state index contributed by atoms with van der Waals surface area (Å²) in [5, 5.41) is 0. The van der Waals surface area contributed by atoms with Crippen LogP contribution in [0.3, 0.4) is 0 Å². The minimum atomic E-state index is -1.60. The van der Waals surface area contributed by atoms with Crippen molar-refractivity contribution in [2.75, 3.05) is 0 Å². The molecule has 2 atom stereocenters. The van der Waals surface area contributed by atoms with E-state index < -0.39 is 17.4 Å². The summed E-state index contributed by atoms with van der Waals surface area (Å²) < 4.78 is 2.97. The van der Waals surface area contributed by atoms with Crippen LogP contribution in [0.5, 0.6) is 0 Å². The van der Waals surface area contributed by atoms with Crippen molar-refractivity contribution in [2.24, 2.45) is 0 Å². The molecular weight excluding hydrogens is 443 g/mol. The van der Waals surface area contributed by atoms with Gasteiger partial charge in [-0.1, -0.05) is 0 Å². The molecule has 0 saturated heterocycles. The van der Waals surface area contributed by atoms with Crippen molar-refractivity contribution >= 4 is 15.0 Å². The molecule has 158 valence electrons. The molecule has 0 nitrogen and oxygen atoms in total. The van der Waals surface area contributed by atoms with Crippen LogP contribution in [-0.4, -0.2) is 3.81 Å². The number of hydrogen-bond acceptors (Lipinski definition) is 0. The molecule has 0 aliphatic heterocycles. The fourth-order valence-electron chi connectivity index (χ4n) is 5.06. The summed E-state index contributed by atoms with van der Waals surface area (Å²) >= 11 is -1.60.